The number of hydrogen-bond donors (Lipinski definition) is 2. The highest BCUT2D eigenvalue weighted by Gasteiger charge is 2.49. The van der Waals surface area contributed by atoms with E-state index in [0.29, 0.717) is 70.7 Å². The number of anilines is 1. The van der Waals surface area contributed by atoms with E-state index in [0.717, 1.165) is 17.1 Å². The van der Waals surface area contributed by atoms with E-state index in [4.69, 9.17) is 33.3 Å². The third kappa shape index (κ3) is 5.70. The standard InChI is InChI=1S/C34H33Cl2N9O4/c1-17-14-34(7-9-43(10-8-34)32(49)27-29(47)20(4)37-16-38-27)26-28(17)44(15-25(46)40-24-6-5-22(35)13-23(24)36)33-41-30(42-45(33)31(26)48)21-11-18(2)39-19(3)12-21/h5-6,11-13,16-17,47H,7-10,14-15H2,1-4H3,(H,40,46). The lowest BCUT2D eigenvalue weighted by atomic mass is 9.73. The van der Waals surface area contributed by atoms with Gasteiger partial charge in [0, 0.05) is 51.7 Å². The number of nitrogens with one attached hydrogen (secondary N) is 1. The molecule has 1 unspecified atom stereocenters. The van der Waals surface area contributed by atoms with Crippen LogP contribution in [0, 0.1) is 20.8 Å². The van der Waals surface area contributed by atoms with Crippen molar-refractivity contribution in [3.8, 4) is 17.1 Å². The van der Waals surface area contributed by atoms with E-state index in [1.807, 2.05) is 32.9 Å². The van der Waals surface area contributed by atoms with Gasteiger partial charge in [0.2, 0.25) is 11.7 Å². The van der Waals surface area contributed by atoms with Crippen LogP contribution in [0.1, 0.15) is 70.9 Å². The summed E-state index contributed by atoms with van der Waals surface area (Å²) in [6.07, 6.45) is 2.90. The molecule has 252 valence electrons. The Bertz CT molecular complexity index is 2220. The molecule has 4 aromatic heterocycles. The van der Waals surface area contributed by atoms with Crippen molar-refractivity contribution >= 4 is 46.5 Å². The largest absolute Gasteiger partial charge is 0.504 e. The molecule has 1 fully saturated rings. The lowest BCUT2D eigenvalue weighted by Gasteiger charge is -2.39. The lowest BCUT2D eigenvalue weighted by Crippen LogP contribution is -2.46. The second kappa shape index (κ2) is 12.2. The Kier molecular flexibility index (Phi) is 8.14. The van der Waals surface area contributed by atoms with Gasteiger partial charge in [-0.3, -0.25) is 19.4 Å². The fourth-order valence-corrected chi connectivity index (χ4v) is 7.86. The minimum absolute atomic E-state index is 0.0452. The number of nitrogens with zero attached hydrogens (tertiary/aromatic N) is 8. The predicted molar refractivity (Wildman–Crippen MR) is 183 cm³/mol. The molecule has 2 aliphatic rings. The maximum absolute atomic E-state index is 14.5. The Morgan fingerprint density at radius 1 is 1.04 bits per heavy atom. The average molecular weight is 703 g/mol. The number of rotatable bonds is 5. The molecule has 1 aromatic carbocycles. The third-order valence-corrected chi connectivity index (χ3v) is 10.1. The van der Waals surface area contributed by atoms with E-state index in [1.54, 1.807) is 34.6 Å². The van der Waals surface area contributed by atoms with Crippen LogP contribution in [0.4, 0.5) is 5.69 Å². The Balaban J connectivity index is 1.31. The number of piperidine rings is 1. The van der Waals surface area contributed by atoms with Crippen LogP contribution >= 0.6 is 23.2 Å². The van der Waals surface area contributed by atoms with E-state index in [9.17, 15) is 19.5 Å². The summed E-state index contributed by atoms with van der Waals surface area (Å²) in [6.45, 7) is 7.94. The molecule has 5 aromatic rings. The predicted octanol–water partition coefficient (Wildman–Crippen LogP) is 5.00. The van der Waals surface area contributed by atoms with Crippen LogP contribution in [0.2, 0.25) is 10.0 Å². The maximum atomic E-state index is 14.5. The molecule has 2 amide bonds. The summed E-state index contributed by atoms with van der Waals surface area (Å²) in [5.41, 5.74) is 3.38. The van der Waals surface area contributed by atoms with Crippen LogP contribution in [0.5, 0.6) is 5.75 Å². The maximum Gasteiger partial charge on any atom is 0.279 e. The van der Waals surface area contributed by atoms with Gasteiger partial charge in [0.25, 0.3) is 11.5 Å². The number of pyridine rings is 1. The molecule has 2 N–H and O–H groups in total. The Morgan fingerprint density at radius 3 is 2.45 bits per heavy atom. The molecule has 0 saturated carbocycles. The van der Waals surface area contributed by atoms with Gasteiger partial charge in [-0.15, -0.1) is 5.10 Å². The first kappa shape index (κ1) is 32.7. The number of likely N-dealkylation sites (tertiary alicyclic amines) is 1. The number of fused-ring (bicyclic) bond motifs is 3. The summed E-state index contributed by atoms with van der Waals surface area (Å²) >= 11 is 12.4. The van der Waals surface area contributed by atoms with Gasteiger partial charge in [-0.25, -0.2) is 9.97 Å². The van der Waals surface area contributed by atoms with Crippen LogP contribution < -0.4 is 10.9 Å². The Morgan fingerprint density at radius 2 is 1.76 bits per heavy atom. The summed E-state index contributed by atoms with van der Waals surface area (Å²) in [5.74, 6) is -0.525. The van der Waals surface area contributed by atoms with Crippen molar-refractivity contribution < 1.29 is 14.7 Å². The number of carbonyl (C=O) groups excluding carboxylic acids is 2. The van der Waals surface area contributed by atoms with Gasteiger partial charge in [0.05, 0.1) is 16.4 Å². The van der Waals surface area contributed by atoms with Crippen molar-refractivity contribution in [2.75, 3.05) is 18.4 Å². The van der Waals surface area contributed by atoms with Crippen LogP contribution in [0.15, 0.2) is 41.5 Å². The number of aromatic nitrogens is 7. The molecule has 1 aliphatic carbocycles. The summed E-state index contributed by atoms with van der Waals surface area (Å²) in [4.78, 5) is 60.5. The smallest absolute Gasteiger partial charge is 0.279 e. The van der Waals surface area contributed by atoms with Crippen molar-refractivity contribution in [3.63, 3.8) is 0 Å². The van der Waals surface area contributed by atoms with Gasteiger partial charge in [0.1, 0.15) is 12.9 Å². The van der Waals surface area contributed by atoms with Crippen molar-refractivity contribution in [2.45, 2.75) is 64.8 Å². The van der Waals surface area contributed by atoms with Crippen LogP contribution in [-0.4, -0.2) is 69.0 Å². The summed E-state index contributed by atoms with van der Waals surface area (Å²) in [6, 6.07) is 8.53. The van der Waals surface area contributed by atoms with Crippen molar-refractivity contribution in [3.05, 3.63) is 91.1 Å². The summed E-state index contributed by atoms with van der Waals surface area (Å²) < 4.78 is 3.08. The molecule has 1 spiro atoms. The number of aromatic hydroxyl groups is 1. The molecule has 1 aliphatic heterocycles. The highest BCUT2D eigenvalue weighted by molar-refractivity contribution is 6.36. The Labute approximate surface area is 291 Å². The average Bonchev–Trinajstić information content (AvgIpc) is 3.62. The van der Waals surface area contributed by atoms with Crippen LogP contribution in [-0.2, 0) is 16.8 Å². The second-order valence-electron chi connectivity index (χ2n) is 12.9. The van der Waals surface area contributed by atoms with Gasteiger partial charge in [-0.05, 0) is 76.3 Å². The molecule has 5 heterocycles. The fourth-order valence-electron chi connectivity index (χ4n) is 7.40. The highest BCUT2D eigenvalue weighted by Crippen LogP contribution is 2.50. The molecule has 7 rings (SSSR count). The van der Waals surface area contributed by atoms with E-state index in [-0.39, 0.29) is 41.2 Å². The van der Waals surface area contributed by atoms with E-state index in [2.05, 4.69) is 20.3 Å². The first-order valence-corrected chi connectivity index (χ1v) is 16.6. The topological polar surface area (TPSA) is 160 Å². The third-order valence-electron chi connectivity index (χ3n) is 9.54. The highest BCUT2D eigenvalue weighted by atomic mass is 35.5. The quantitative estimate of drug-likeness (QED) is 0.257. The number of halogens is 2. The zero-order valence-corrected chi connectivity index (χ0v) is 28.8. The fraction of sp³-hybridized carbons (Fsp3) is 0.353. The van der Waals surface area contributed by atoms with Gasteiger partial charge < -0.3 is 19.9 Å². The van der Waals surface area contributed by atoms with Crippen LogP contribution in [0.3, 0.4) is 0 Å². The molecule has 1 saturated heterocycles. The van der Waals surface area contributed by atoms with E-state index in [1.165, 1.54) is 10.8 Å². The number of benzene rings is 1. The minimum Gasteiger partial charge on any atom is -0.504 e. The molecule has 0 bridgehead atoms. The van der Waals surface area contributed by atoms with Gasteiger partial charge in [-0.1, -0.05) is 30.1 Å². The molecular weight excluding hydrogens is 669 g/mol. The van der Waals surface area contributed by atoms with Gasteiger partial charge in [-0.2, -0.15) is 9.50 Å². The van der Waals surface area contributed by atoms with Gasteiger partial charge in [0.15, 0.2) is 17.3 Å². The summed E-state index contributed by atoms with van der Waals surface area (Å²) in [7, 11) is 0. The normalized spacial score (nSPS) is 16.7. The van der Waals surface area contributed by atoms with Crippen LogP contribution in [0.25, 0.3) is 17.2 Å². The lowest BCUT2D eigenvalue weighted by molar-refractivity contribution is -0.116. The zero-order valence-electron chi connectivity index (χ0n) is 27.3. The molecule has 0 radical (unpaired) electrons. The number of amides is 2. The van der Waals surface area contributed by atoms with Crippen molar-refractivity contribution in [1.82, 2.24) is 39.0 Å². The molecule has 1 atom stereocenters. The Hall–Kier alpha value is -4.88. The molecule has 49 heavy (non-hydrogen) atoms. The minimum atomic E-state index is -0.575. The second-order valence-corrected chi connectivity index (χ2v) is 13.8. The number of carbonyl (C=O) groups is 2. The summed E-state index contributed by atoms with van der Waals surface area (Å²) in [5, 5.41) is 18.8. The van der Waals surface area contributed by atoms with E-state index >= 15 is 0 Å². The van der Waals surface area contributed by atoms with E-state index < -0.39 is 11.3 Å². The van der Waals surface area contributed by atoms with Crippen molar-refractivity contribution in [2.24, 2.45) is 0 Å². The van der Waals surface area contributed by atoms with Crippen molar-refractivity contribution in [1.29, 1.82) is 0 Å². The first-order chi connectivity index (χ1) is 23.3. The zero-order chi connectivity index (χ0) is 34.8. The molecule has 13 nitrogen and oxygen atoms in total. The first-order valence-electron chi connectivity index (χ1n) is 15.9. The number of hydrogen-bond acceptors (Lipinski definition) is 9. The number of aryl methyl sites for hydroxylation is 3. The molecular formula is C34H33Cl2N9O4. The molecule has 15 heteroatoms. The van der Waals surface area contributed by atoms with Gasteiger partial charge >= 0.3 is 0 Å². The monoisotopic (exact) mass is 701 g/mol. The SMILES string of the molecule is Cc1cc(-c2nc3n(CC(=O)Nc4ccc(Cl)cc4Cl)c4c(c(=O)n3n2)C2(CCN(C(=O)c3ncnc(C)c3O)CC2)CC4C)cc(C)n1.